The molecule has 0 aliphatic rings. The fourth-order valence-electron chi connectivity index (χ4n) is 1.62. The van der Waals surface area contributed by atoms with Gasteiger partial charge in [0.2, 0.25) is 5.91 Å². The second-order valence-electron chi connectivity index (χ2n) is 3.65. The first-order valence-electron chi connectivity index (χ1n) is 5.36. The first-order chi connectivity index (χ1) is 6.67. The van der Waals surface area contributed by atoms with E-state index in [2.05, 4.69) is 12.4 Å². The van der Waals surface area contributed by atoms with Crippen molar-refractivity contribution < 1.29 is 10.0 Å². The summed E-state index contributed by atoms with van der Waals surface area (Å²) in [6.45, 7) is 4.03. The maximum Gasteiger partial charge on any atom is 0.222 e. The van der Waals surface area contributed by atoms with E-state index in [1.807, 2.05) is 6.92 Å². The lowest BCUT2D eigenvalue weighted by molar-refractivity contribution is -0.124. The molecule has 2 atom stereocenters. The van der Waals surface area contributed by atoms with Gasteiger partial charge < -0.3 is 10.9 Å². The smallest absolute Gasteiger partial charge is 0.222 e. The van der Waals surface area contributed by atoms with Crippen LogP contribution in [-0.2, 0) is 4.79 Å². The molecule has 0 aromatic carbocycles. The second kappa shape index (κ2) is 7.76. The number of hydrogen-bond acceptors (Lipinski definition) is 3. The van der Waals surface area contributed by atoms with Crippen LogP contribution in [0.2, 0.25) is 0 Å². The predicted molar refractivity (Wildman–Crippen MR) is 55.8 cm³/mol. The van der Waals surface area contributed by atoms with Crippen LogP contribution < -0.4 is 11.2 Å². The van der Waals surface area contributed by atoms with Crippen molar-refractivity contribution in [2.75, 3.05) is 0 Å². The minimum atomic E-state index is -0.325. The Bertz CT molecular complexity index is 158. The summed E-state index contributed by atoms with van der Waals surface area (Å²) in [7, 11) is 0. The normalized spacial score (nSPS) is 15.1. The quantitative estimate of drug-likeness (QED) is 0.411. The Kier molecular flexibility index (Phi) is 7.42. The Labute approximate surface area is 85.8 Å². The van der Waals surface area contributed by atoms with Gasteiger partial charge in [-0.15, -0.1) is 0 Å². The molecule has 4 N–H and O–H groups in total. The molecule has 0 saturated heterocycles. The van der Waals surface area contributed by atoms with Gasteiger partial charge in [-0.1, -0.05) is 33.1 Å². The van der Waals surface area contributed by atoms with E-state index in [4.69, 9.17) is 10.9 Å². The number of primary amides is 1. The molecule has 0 aliphatic heterocycles. The lowest BCUT2D eigenvalue weighted by Crippen LogP contribution is -2.41. The highest BCUT2D eigenvalue weighted by Crippen LogP contribution is 2.15. The van der Waals surface area contributed by atoms with Gasteiger partial charge >= 0.3 is 0 Å². The minimum Gasteiger partial charge on any atom is -0.369 e. The number of hydrogen-bond donors (Lipinski definition) is 3. The van der Waals surface area contributed by atoms with E-state index in [1.54, 1.807) is 0 Å². The van der Waals surface area contributed by atoms with Gasteiger partial charge in [0.05, 0.1) is 5.92 Å². The van der Waals surface area contributed by atoms with Crippen molar-refractivity contribution in [2.45, 2.75) is 52.0 Å². The van der Waals surface area contributed by atoms with Gasteiger partial charge in [0.1, 0.15) is 0 Å². The van der Waals surface area contributed by atoms with Crippen LogP contribution >= 0.6 is 0 Å². The molecule has 84 valence electrons. The van der Waals surface area contributed by atoms with Gasteiger partial charge in [0, 0.05) is 6.04 Å². The van der Waals surface area contributed by atoms with E-state index in [9.17, 15) is 4.79 Å². The lowest BCUT2D eigenvalue weighted by Gasteiger charge is -2.21. The topological polar surface area (TPSA) is 75.4 Å². The number of unbranched alkanes of at least 4 members (excludes halogenated alkanes) is 2. The molecular weight excluding hydrogens is 180 g/mol. The maximum atomic E-state index is 11.1. The summed E-state index contributed by atoms with van der Waals surface area (Å²) in [5.41, 5.74) is 7.44. The van der Waals surface area contributed by atoms with Crippen LogP contribution in [-0.4, -0.2) is 17.2 Å². The molecule has 4 nitrogen and oxygen atoms in total. The Morgan fingerprint density at radius 2 is 2.07 bits per heavy atom. The van der Waals surface area contributed by atoms with Gasteiger partial charge in [-0.25, -0.2) is 5.48 Å². The van der Waals surface area contributed by atoms with E-state index in [-0.39, 0.29) is 17.9 Å². The lowest BCUT2D eigenvalue weighted by atomic mass is 9.91. The second-order valence-corrected chi connectivity index (χ2v) is 3.65. The summed E-state index contributed by atoms with van der Waals surface area (Å²) in [4.78, 5) is 11.1. The van der Waals surface area contributed by atoms with E-state index in [0.29, 0.717) is 6.42 Å². The maximum absolute atomic E-state index is 11.1. The van der Waals surface area contributed by atoms with Gasteiger partial charge in [-0.05, 0) is 12.8 Å². The number of amides is 1. The van der Waals surface area contributed by atoms with Crippen molar-refractivity contribution in [1.82, 2.24) is 5.48 Å². The Balaban J connectivity index is 4.06. The van der Waals surface area contributed by atoms with E-state index in [1.165, 1.54) is 0 Å². The molecule has 1 amide bonds. The average molecular weight is 202 g/mol. The highest BCUT2D eigenvalue weighted by Gasteiger charge is 2.23. The molecular formula is C10H22N2O2. The first-order valence-corrected chi connectivity index (χ1v) is 5.36. The van der Waals surface area contributed by atoms with Crippen LogP contribution in [0.15, 0.2) is 0 Å². The molecule has 0 radical (unpaired) electrons. The number of rotatable bonds is 8. The molecule has 0 rings (SSSR count). The predicted octanol–water partition coefficient (Wildman–Crippen LogP) is 1.43. The molecule has 0 heterocycles. The fourth-order valence-corrected chi connectivity index (χ4v) is 1.62. The zero-order valence-corrected chi connectivity index (χ0v) is 9.12. The van der Waals surface area contributed by atoms with Crippen LogP contribution in [0.4, 0.5) is 0 Å². The van der Waals surface area contributed by atoms with Crippen molar-refractivity contribution >= 4 is 5.91 Å². The Morgan fingerprint density at radius 1 is 1.43 bits per heavy atom. The summed E-state index contributed by atoms with van der Waals surface area (Å²) in [5, 5.41) is 8.84. The number of carbonyl (C=O) groups is 1. The Morgan fingerprint density at radius 3 is 2.43 bits per heavy atom. The third-order valence-corrected chi connectivity index (χ3v) is 2.58. The monoisotopic (exact) mass is 202 g/mol. The van der Waals surface area contributed by atoms with Crippen molar-refractivity contribution in [3.63, 3.8) is 0 Å². The molecule has 0 aromatic rings. The summed E-state index contributed by atoms with van der Waals surface area (Å²) < 4.78 is 0. The number of nitrogens with one attached hydrogen (secondary N) is 1. The summed E-state index contributed by atoms with van der Waals surface area (Å²) in [6.07, 6.45) is 4.67. The highest BCUT2D eigenvalue weighted by molar-refractivity contribution is 5.77. The van der Waals surface area contributed by atoms with Crippen molar-refractivity contribution in [2.24, 2.45) is 11.7 Å². The van der Waals surface area contributed by atoms with Gasteiger partial charge in [0.15, 0.2) is 0 Å². The Hall–Kier alpha value is -0.610. The molecule has 0 fully saturated rings. The number of carbonyl (C=O) groups excluding carboxylic acids is 1. The van der Waals surface area contributed by atoms with Gasteiger partial charge in [-0.3, -0.25) is 4.79 Å². The van der Waals surface area contributed by atoms with Gasteiger partial charge in [-0.2, -0.15) is 0 Å². The first kappa shape index (κ1) is 13.4. The van der Waals surface area contributed by atoms with Crippen molar-refractivity contribution in [1.29, 1.82) is 0 Å². The molecule has 0 aliphatic carbocycles. The molecule has 0 saturated carbocycles. The average Bonchev–Trinajstić information content (AvgIpc) is 2.17. The van der Waals surface area contributed by atoms with Crippen LogP contribution in [0, 0.1) is 5.92 Å². The van der Waals surface area contributed by atoms with Crippen LogP contribution in [0.25, 0.3) is 0 Å². The number of hydroxylamine groups is 1. The SMILES string of the molecule is CCCCC[C@@H](C(N)=O)[C@@H](CC)NO. The van der Waals surface area contributed by atoms with Crippen molar-refractivity contribution in [3.05, 3.63) is 0 Å². The number of nitrogens with two attached hydrogens (primary N) is 1. The summed E-state index contributed by atoms with van der Waals surface area (Å²) in [5.74, 6) is -0.578. The molecule has 0 aromatic heterocycles. The third kappa shape index (κ3) is 4.58. The molecule has 0 bridgehead atoms. The fraction of sp³-hybridized carbons (Fsp3) is 0.900. The minimum absolute atomic E-state index is 0.204. The highest BCUT2D eigenvalue weighted by atomic mass is 16.5. The zero-order chi connectivity index (χ0) is 11.0. The van der Waals surface area contributed by atoms with Gasteiger partial charge in [0.25, 0.3) is 0 Å². The van der Waals surface area contributed by atoms with E-state index >= 15 is 0 Å². The van der Waals surface area contributed by atoms with Crippen LogP contribution in [0.5, 0.6) is 0 Å². The van der Waals surface area contributed by atoms with Crippen LogP contribution in [0.3, 0.4) is 0 Å². The van der Waals surface area contributed by atoms with Crippen molar-refractivity contribution in [3.8, 4) is 0 Å². The zero-order valence-electron chi connectivity index (χ0n) is 9.12. The third-order valence-electron chi connectivity index (χ3n) is 2.58. The molecule has 0 unspecified atom stereocenters. The molecule has 4 heteroatoms. The standard InChI is InChI=1S/C10H22N2O2/c1-3-5-6-7-8(10(11)13)9(4-2)12-14/h8-9,12,14H,3-7H2,1-2H3,(H2,11,13)/t8-,9-/m1/s1. The van der Waals surface area contributed by atoms with E-state index in [0.717, 1.165) is 25.7 Å². The largest absolute Gasteiger partial charge is 0.369 e. The summed E-state index contributed by atoms with van der Waals surface area (Å²) >= 11 is 0. The molecule has 14 heavy (non-hydrogen) atoms. The molecule has 0 spiro atoms. The summed E-state index contributed by atoms with van der Waals surface area (Å²) in [6, 6.07) is -0.204. The van der Waals surface area contributed by atoms with E-state index < -0.39 is 0 Å². The van der Waals surface area contributed by atoms with Crippen LogP contribution in [0.1, 0.15) is 46.0 Å².